The van der Waals surface area contributed by atoms with Crippen molar-refractivity contribution in [3.8, 4) is 0 Å². The predicted octanol–water partition coefficient (Wildman–Crippen LogP) is 1.63. The number of aryl methyl sites for hydroxylation is 2. The van der Waals surface area contributed by atoms with E-state index in [1.54, 1.807) is 11.0 Å². The van der Waals surface area contributed by atoms with Gasteiger partial charge in [-0.1, -0.05) is 6.07 Å². The van der Waals surface area contributed by atoms with Crippen LogP contribution in [0.4, 0.5) is 4.79 Å². The van der Waals surface area contributed by atoms with E-state index in [1.165, 1.54) is 21.9 Å². The Morgan fingerprint density at radius 3 is 2.37 bits per heavy atom. The molecule has 2 saturated heterocycles. The number of rotatable bonds is 3. The van der Waals surface area contributed by atoms with Crippen LogP contribution in [-0.2, 0) is 32.4 Å². The first-order chi connectivity index (χ1) is 14.4. The van der Waals surface area contributed by atoms with Gasteiger partial charge in [-0.05, 0) is 61.8 Å². The van der Waals surface area contributed by atoms with Gasteiger partial charge in [-0.2, -0.15) is 4.31 Å². The van der Waals surface area contributed by atoms with Gasteiger partial charge in [0.15, 0.2) is 0 Å². The van der Waals surface area contributed by atoms with Gasteiger partial charge in [0.05, 0.1) is 12.0 Å². The molecule has 8 nitrogen and oxygen atoms in total. The van der Waals surface area contributed by atoms with Crippen molar-refractivity contribution in [2.45, 2.75) is 49.5 Å². The van der Waals surface area contributed by atoms with E-state index in [0.29, 0.717) is 31.0 Å². The quantitative estimate of drug-likeness (QED) is 0.720. The molecule has 2 heterocycles. The van der Waals surface area contributed by atoms with E-state index in [9.17, 15) is 18.0 Å². The first kappa shape index (κ1) is 21.1. The summed E-state index contributed by atoms with van der Waals surface area (Å²) in [5, 5.41) is 0. The second kappa shape index (κ2) is 8.55. The number of hydrogen-bond donors (Lipinski definition) is 0. The normalized spacial score (nSPS) is 22.6. The summed E-state index contributed by atoms with van der Waals surface area (Å²) >= 11 is 0. The second-order valence-corrected chi connectivity index (χ2v) is 10.1. The maximum absolute atomic E-state index is 13.1. The van der Waals surface area contributed by atoms with Gasteiger partial charge in [-0.25, -0.2) is 13.2 Å². The van der Waals surface area contributed by atoms with E-state index in [2.05, 4.69) is 0 Å². The van der Waals surface area contributed by atoms with Gasteiger partial charge in [0.1, 0.15) is 6.04 Å². The minimum Gasteiger partial charge on any atom is -0.453 e. The van der Waals surface area contributed by atoms with Crippen LogP contribution < -0.4 is 0 Å². The molecule has 0 saturated carbocycles. The molecule has 2 fully saturated rings. The molecule has 0 spiro atoms. The zero-order valence-corrected chi connectivity index (χ0v) is 18.2. The minimum atomic E-state index is -3.58. The van der Waals surface area contributed by atoms with E-state index in [0.717, 1.165) is 37.7 Å². The van der Waals surface area contributed by atoms with Crippen molar-refractivity contribution in [2.75, 3.05) is 39.8 Å². The molecule has 9 heteroatoms. The van der Waals surface area contributed by atoms with Crippen molar-refractivity contribution in [1.29, 1.82) is 0 Å². The molecule has 2 aliphatic heterocycles. The third-order valence-electron chi connectivity index (χ3n) is 6.46. The van der Waals surface area contributed by atoms with Crippen molar-refractivity contribution >= 4 is 22.0 Å². The SMILES string of the molecule is COC(=O)N1CCCC1C(=O)N1CCN(S(=O)(=O)c2ccc3c(c2)CCCC3)CC1. The molecule has 4 rings (SSSR count). The van der Waals surface area contributed by atoms with Crippen molar-refractivity contribution in [2.24, 2.45) is 0 Å². The molecule has 2 amide bonds. The Hall–Kier alpha value is -2.13. The zero-order valence-electron chi connectivity index (χ0n) is 17.4. The molecule has 1 aromatic carbocycles. The Morgan fingerprint density at radius 2 is 1.67 bits per heavy atom. The lowest BCUT2D eigenvalue weighted by Gasteiger charge is -2.36. The fraction of sp³-hybridized carbons (Fsp3) is 0.619. The molecule has 1 aliphatic carbocycles. The summed E-state index contributed by atoms with van der Waals surface area (Å²) in [6.45, 7) is 1.69. The van der Waals surface area contributed by atoms with Gasteiger partial charge < -0.3 is 9.64 Å². The molecule has 1 atom stereocenters. The predicted molar refractivity (Wildman–Crippen MR) is 111 cm³/mol. The number of piperazine rings is 1. The van der Waals surface area contributed by atoms with E-state index in [1.807, 2.05) is 12.1 Å². The summed E-state index contributed by atoms with van der Waals surface area (Å²) in [6.07, 6.45) is 5.09. The van der Waals surface area contributed by atoms with Crippen LogP contribution in [0.2, 0.25) is 0 Å². The number of likely N-dealkylation sites (tertiary alicyclic amines) is 1. The molecule has 1 unspecified atom stereocenters. The Labute approximate surface area is 177 Å². The average Bonchev–Trinajstić information content (AvgIpc) is 3.27. The smallest absolute Gasteiger partial charge is 0.410 e. The largest absolute Gasteiger partial charge is 0.453 e. The first-order valence-corrected chi connectivity index (χ1v) is 12.1. The molecule has 164 valence electrons. The number of carbonyl (C=O) groups excluding carboxylic acids is 2. The maximum atomic E-state index is 13.1. The lowest BCUT2D eigenvalue weighted by Crippen LogP contribution is -2.55. The summed E-state index contributed by atoms with van der Waals surface area (Å²) in [4.78, 5) is 28.3. The van der Waals surface area contributed by atoms with Gasteiger partial charge >= 0.3 is 6.09 Å². The second-order valence-electron chi connectivity index (χ2n) is 8.19. The van der Waals surface area contributed by atoms with Crippen LogP contribution in [0.15, 0.2) is 23.1 Å². The van der Waals surface area contributed by atoms with Crippen molar-refractivity contribution in [1.82, 2.24) is 14.1 Å². The van der Waals surface area contributed by atoms with Gasteiger partial charge in [-0.3, -0.25) is 9.69 Å². The number of fused-ring (bicyclic) bond motifs is 1. The Kier molecular flexibility index (Phi) is 6.02. The van der Waals surface area contributed by atoms with Crippen molar-refractivity contribution in [3.63, 3.8) is 0 Å². The Balaban J connectivity index is 1.41. The van der Waals surface area contributed by atoms with Gasteiger partial charge in [0, 0.05) is 32.7 Å². The number of amides is 2. The standard InChI is InChI=1S/C21H29N3O5S/c1-29-21(26)24-10-4-7-19(24)20(25)22-11-13-23(14-12-22)30(27,28)18-9-8-16-5-2-3-6-17(16)15-18/h8-9,15,19H,2-7,10-14H2,1H3. The summed E-state index contributed by atoms with van der Waals surface area (Å²) in [5.41, 5.74) is 2.39. The van der Waals surface area contributed by atoms with Gasteiger partial charge in [-0.15, -0.1) is 0 Å². The van der Waals surface area contributed by atoms with E-state index < -0.39 is 22.2 Å². The number of ether oxygens (including phenoxy) is 1. The highest BCUT2D eigenvalue weighted by Gasteiger charge is 2.39. The molecule has 0 aromatic heterocycles. The van der Waals surface area contributed by atoms with Crippen LogP contribution in [0, 0.1) is 0 Å². The Bertz CT molecular complexity index is 925. The highest BCUT2D eigenvalue weighted by molar-refractivity contribution is 7.89. The summed E-state index contributed by atoms with van der Waals surface area (Å²) < 4.78 is 32.5. The molecule has 0 N–H and O–H groups in total. The number of methoxy groups -OCH3 is 1. The fourth-order valence-corrected chi connectivity index (χ4v) is 6.21. The Morgan fingerprint density at radius 1 is 0.967 bits per heavy atom. The highest BCUT2D eigenvalue weighted by atomic mass is 32.2. The lowest BCUT2D eigenvalue weighted by molar-refractivity contribution is -0.136. The van der Waals surface area contributed by atoms with Gasteiger partial charge in [0.2, 0.25) is 15.9 Å². The van der Waals surface area contributed by atoms with Crippen LogP contribution >= 0.6 is 0 Å². The monoisotopic (exact) mass is 435 g/mol. The summed E-state index contributed by atoms with van der Waals surface area (Å²) in [5.74, 6) is -0.122. The number of hydrogen-bond acceptors (Lipinski definition) is 5. The third kappa shape index (κ3) is 3.92. The van der Waals surface area contributed by atoms with Crippen LogP contribution in [0.1, 0.15) is 36.8 Å². The highest BCUT2D eigenvalue weighted by Crippen LogP contribution is 2.27. The fourth-order valence-electron chi connectivity index (χ4n) is 4.74. The number of nitrogens with zero attached hydrogens (tertiary/aromatic N) is 3. The molecule has 0 radical (unpaired) electrons. The molecule has 1 aromatic rings. The number of benzene rings is 1. The van der Waals surface area contributed by atoms with Crippen molar-refractivity contribution < 1.29 is 22.7 Å². The first-order valence-electron chi connectivity index (χ1n) is 10.7. The van der Waals surface area contributed by atoms with Crippen LogP contribution in [0.3, 0.4) is 0 Å². The number of sulfonamides is 1. The van der Waals surface area contributed by atoms with Gasteiger partial charge in [0.25, 0.3) is 0 Å². The molecular formula is C21H29N3O5S. The van der Waals surface area contributed by atoms with E-state index in [-0.39, 0.29) is 19.0 Å². The van der Waals surface area contributed by atoms with Crippen LogP contribution in [0.5, 0.6) is 0 Å². The number of carbonyl (C=O) groups is 2. The molecule has 3 aliphatic rings. The third-order valence-corrected chi connectivity index (χ3v) is 8.35. The topological polar surface area (TPSA) is 87.2 Å². The molecular weight excluding hydrogens is 406 g/mol. The van der Waals surface area contributed by atoms with Crippen LogP contribution in [-0.4, -0.2) is 80.4 Å². The summed E-state index contributed by atoms with van der Waals surface area (Å²) in [6, 6.07) is 4.97. The van der Waals surface area contributed by atoms with E-state index >= 15 is 0 Å². The lowest BCUT2D eigenvalue weighted by atomic mass is 9.92. The van der Waals surface area contributed by atoms with Crippen LogP contribution in [0.25, 0.3) is 0 Å². The summed E-state index contributed by atoms with van der Waals surface area (Å²) in [7, 11) is -2.27. The molecule has 0 bridgehead atoms. The zero-order chi connectivity index (χ0) is 21.3. The maximum Gasteiger partial charge on any atom is 0.410 e. The molecule has 30 heavy (non-hydrogen) atoms. The average molecular weight is 436 g/mol. The van der Waals surface area contributed by atoms with E-state index in [4.69, 9.17) is 4.74 Å². The van der Waals surface area contributed by atoms with Crippen molar-refractivity contribution in [3.05, 3.63) is 29.3 Å². The minimum absolute atomic E-state index is 0.122.